The molecule has 0 aliphatic heterocycles. The van der Waals surface area contributed by atoms with Gasteiger partial charge in [-0.2, -0.15) is 0 Å². The quantitative estimate of drug-likeness (QED) is 0.679. The predicted molar refractivity (Wildman–Crippen MR) is 82.1 cm³/mol. The van der Waals surface area contributed by atoms with Gasteiger partial charge in [-0.05, 0) is 18.1 Å². The molecule has 2 amide bonds. The molecule has 0 atom stereocenters. The zero-order valence-electron chi connectivity index (χ0n) is 12.7. The summed E-state index contributed by atoms with van der Waals surface area (Å²) in [5, 5.41) is 5.50. The van der Waals surface area contributed by atoms with Crippen LogP contribution in [0.25, 0.3) is 0 Å². The smallest absolute Gasteiger partial charge is 0.251 e. The Hall–Kier alpha value is -1.88. The van der Waals surface area contributed by atoms with E-state index in [2.05, 4.69) is 24.5 Å². The van der Waals surface area contributed by atoms with Crippen molar-refractivity contribution in [1.82, 2.24) is 10.6 Å². The number of carbonyl (C=O) groups is 2. The number of nitrogens with one attached hydrogen (secondary N) is 2. The monoisotopic (exact) mass is 292 g/mol. The lowest BCUT2D eigenvalue weighted by Gasteiger charge is -2.08. The summed E-state index contributed by atoms with van der Waals surface area (Å²) in [4.78, 5) is 23.2. The van der Waals surface area contributed by atoms with Crippen molar-refractivity contribution in [2.45, 2.75) is 20.3 Å². The summed E-state index contributed by atoms with van der Waals surface area (Å²) in [7, 11) is 0. The van der Waals surface area contributed by atoms with Crippen molar-refractivity contribution < 1.29 is 14.3 Å². The van der Waals surface area contributed by atoms with Gasteiger partial charge in [0.05, 0.1) is 6.61 Å². The topological polar surface area (TPSA) is 67.4 Å². The largest absolute Gasteiger partial charge is 0.381 e. The fourth-order valence-electron chi connectivity index (χ4n) is 1.64. The molecule has 1 aromatic rings. The molecule has 0 bridgehead atoms. The van der Waals surface area contributed by atoms with Crippen LogP contribution in [0.2, 0.25) is 0 Å². The van der Waals surface area contributed by atoms with Crippen LogP contribution in [0.5, 0.6) is 0 Å². The van der Waals surface area contributed by atoms with Crippen LogP contribution in [0.4, 0.5) is 0 Å². The Morgan fingerprint density at radius 3 is 2.43 bits per heavy atom. The van der Waals surface area contributed by atoms with E-state index in [1.807, 2.05) is 18.2 Å². The molecule has 0 heterocycles. The molecule has 1 rings (SSSR count). The fourth-order valence-corrected chi connectivity index (χ4v) is 1.64. The van der Waals surface area contributed by atoms with Crippen molar-refractivity contribution in [1.29, 1.82) is 0 Å². The summed E-state index contributed by atoms with van der Waals surface area (Å²) in [6.07, 6.45) is 0.347. The highest BCUT2D eigenvalue weighted by Crippen LogP contribution is 1.97. The van der Waals surface area contributed by atoms with E-state index in [4.69, 9.17) is 4.74 Å². The van der Waals surface area contributed by atoms with E-state index in [1.165, 1.54) is 0 Å². The maximum absolute atomic E-state index is 11.7. The van der Waals surface area contributed by atoms with Crippen LogP contribution in [0.15, 0.2) is 30.3 Å². The van der Waals surface area contributed by atoms with Crippen LogP contribution in [0.1, 0.15) is 30.6 Å². The Balaban J connectivity index is 2.06. The molecule has 116 valence electrons. The van der Waals surface area contributed by atoms with Gasteiger partial charge < -0.3 is 15.4 Å². The van der Waals surface area contributed by atoms with Crippen LogP contribution in [-0.4, -0.2) is 38.1 Å². The fraction of sp³-hybridized carbons (Fsp3) is 0.500. The van der Waals surface area contributed by atoms with Crippen molar-refractivity contribution in [2.24, 2.45) is 5.92 Å². The highest BCUT2D eigenvalue weighted by molar-refractivity contribution is 5.94. The molecule has 0 aliphatic carbocycles. The SMILES string of the molecule is CC(C)COCCC(=O)NCCNC(=O)c1ccccc1. The number of amides is 2. The highest BCUT2D eigenvalue weighted by Gasteiger charge is 2.04. The minimum Gasteiger partial charge on any atom is -0.381 e. The number of hydrogen-bond acceptors (Lipinski definition) is 3. The summed E-state index contributed by atoms with van der Waals surface area (Å²) >= 11 is 0. The first-order chi connectivity index (χ1) is 10.1. The highest BCUT2D eigenvalue weighted by atomic mass is 16.5. The summed E-state index contributed by atoms with van der Waals surface area (Å²) in [6.45, 7) is 6.06. The maximum Gasteiger partial charge on any atom is 0.251 e. The molecular weight excluding hydrogens is 268 g/mol. The normalized spacial score (nSPS) is 10.4. The molecule has 0 radical (unpaired) electrons. The molecule has 5 heteroatoms. The van der Waals surface area contributed by atoms with Gasteiger partial charge in [0.15, 0.2) is 0 Å². The van der Waals surface area contributed by atoms with Gasteiger partial charge in [-0.15, -0.1) is 0 Å². The predicted octanol–water partition coefficient (Wildman–Crippen LogP) is 1.60. The van der Waals surface area contributed by atoms with Crippen molar-refractivity contribution in [3.63, 3.8) is 0 Å². The van der Waals surface area contributed by atoms with Gasteiger partial charge in [-0.25, -0.2) is 0 Å². The molecule has 21 heavy (non-hydrogen) atoms. The second kappa shape index (κ2) is 9.94. The van der Waals surface area contributed by atoms with Gasteiger partial charge in [0, 0.05) is 31.7 Å². The minimum absolute atomic E-state index is 0.0623. The van der Waals surface area contributed by atoms with Crippen molar-refractivity contribution in [3.05, 3.63) is 35.9 Å². The zero-order chi connectivity index (χ0) is 15.5. The second-order valence-electron chi connectivity index (χ2n) is 5.19. The van der Waals surface area contributed by atoms with Gasteiger partial charge >= 0.3 is 0 Å². The summed E-state index contributed by atoms with van der Waals surface area (Å²) < 4.78 is 5.34. The van der Waals surface area contributed by atoms with Crippen molar-refractivity contribution in [2.75, 3.05) is 26.3 Å². The molecule has 1 aromatic carbocycles. The van der Waals surface area contributed by atoms with E-state index in [0.717, 1.165) is 0 Å². The average Bonchev–Trinajstić information content (AvgIpc) is 2.48. The molecule has 2 N–H and O–H groups in total. The first kappa shape index (κ1) is 17.2. The molecule has 0 unspecified atom stereocenters. The van der Waals surface area contributed by atoms with Crippen molar-refractivity contribution >= 4 is 11.8 Å². The van der Waals surface area contributed by atoms with Crippen molar-refractivity contribution in [3.8, 4) is 0 Å². The minimum atomic E-state index is -0.134. The Kier molecular flexibility index (Phi) is 8.12. The van der Waals surface area contributed by atoms with E-state index in [-0.39, 0.29) is 11.8 Å². The third kappa shape index (κ3) is 8.09. The first-order valence-corrected chi connectivity index (χ1v) is 7.27. The maximum atomic E-state index is 11.7. The number of carbonyl (C=O) groups excluding carboxylic acids is 2. The Bertz CT molecular complexity index is 432. The van der Waals surface area contributed by atoms with Gasteiger partial charge in [-0.3, -0.25) is 9.59 Å². The standard InChI is InChI=1S/C16H24N2O3/c1-13(2)12-21-11-8-15(19)17-9-10-18-16(20)14-6-4-3-5-7-14/h3-7,13H,8-12H2,1-2H3,(H,17,19)(H,18,20). The van der Waals surface area contributed by atoms with Gasteiger partial charge in [0.1, 0.15) is 0 Å². The molecule has 0 saturated carbocycles. The van der Waals surface area contributed by atoms with E-state index in [9.17, 15) is 9.59 Å². The van der Waals surface area contributed by atoms with E-state index >= 15 is 0 Å². The first-order valence-electron chi connectivity index (χ1n) is 7.27. The summed E-state index contributed by atoms with van der Waals surface area (Å²) in [6, 6.07) is 8.99. The Morgan fingerprint density at radius 2 is 1.76 bits per heavy atom. The summed E-state index contributed by atoms with van der Waals surface area (Å²) in [5.41, 5.74) is 0.617. The number of ether oxygens (including phenoxy) is 1. The number of benzene rings is 1. The summed E-state index contributed by atoms with van der Waals surface area (Å²) in [5.74, 6) is 0.277. The molecule has 0 aromatic heterocycles. The number of hydrogen-bond donors (Lipinski definition) is 2. The van der Waals surface area contributed by atoms with Crippen LogP contribution in [0, 0.1) is 5.92 Å². The molecule has 5 nitrogen and oxygen atoms in total. The van der Waals surface area contributed by atoms with E-state index in [1.54, 1.807) is 12.1 Å². The lowest BCUT2D eigenvalue weighted by atomic mass is 10.2. The van der Waals surface area contributed by atoms with Crippen LogP contribution in [0.3, 0.4) is 0 Å². The average molecular weight is 292 g/mol. The van der Waals surface area contributed by atoms with Crippen LogP contribution >= 0.6 is 0 Å². The van der Waals surface area contributed by atoms with E-state index in [0.29, 0.717) is 44.2 Å². The molecule has 0 aliphatic rings. The lowest BCUT2D eigenvalue weighted by molar-refractivity contribution is -0.122. The Morgan fingerprint density at radius 1 is 1.10 bits per heavy atom. The molecule has 0 fully saturated rings. The lowest BCUT2D eigenvalue weighted by Crippen LogP contribution is -2.35. The van der Waals surface area contributed by atoms with Crippen LogP contribution < -0.4 is 10.6 Å². The van der Waals surface area contributed by atoms with Gasteiger partial charge in [0.25, 0.3) is 5.91 Å². The van der Waals surface area contributed by atoms with Gasteiger partial charge in [0.2, 0.25) is 5.91 Å². The molecule has 0 saturated heterocycles. The van der Waals surface area contributed by atoms with Gasteiger partial charge in [-0.1, -0.05) is 32.0 Å². The number of rotatable bonds is 9. The third-order valence-electron chi connectivity index (χ3n) is 2.69. The third-order valence-corrected chi connectivity index (χ3v) is 2.69. The van der Waals surface area contributed by atoms with E-state index < -0.39 is 0 Å². The molecule has 0 spiro atoms. The van der Waals surface area contributed by atoms with Crippen LogP contribution in [-0.2, 0) is 9.53 Å². The zero-order valence-corrected chi connectivity index (χ0v) is 12.7. The second-order valence-corrected chi connectivity index (χ2v) is 5.19. The Labute approximate surface area is 126 Å². The molecular formula is C16H24N2O3.